The van der Waals surface area contributed by atoms with Gasteiger partial charge in [-0.2, -0.15) is 0 Å². The number of hydrogen-bond donors (Lipinski definition) is 1. The van der Waals surface area contributed by atoms with E-state index in [0.717, 1.165) is 17.0 Å². The van der Waals surface area contributed by atoms with Gasteiger partial charge < -0.3 is 4.74 Å². The molecule has 0 aliphatic rings. The molecule has 9 heteroatoms. The average molecular weight is 327 g/mol. The summed E-state index contributed by atoms with van der Waals surface area (Å²) in [6, 6.07) is 3.04. The first-order chi connectivity index (χ1) is 9.94. The Morgan fingerprint density at radius 1 is 1.43 bits per heavy atom. The van der Waals surface area contributed by atoms with Gasteiger partial charge in [-0.05, 0) is 24.4 Å². The molecule has 0 unspecified atom stereocenters. The molecule has 0 aromatic carbocycles. The fraction of sp³-hybridized carbons (Fsp3) is 0.250. The Labute approximate surface area is 126 Å². The molecule has 0 fully saturated rings. The molecule has 7 nitrogen and oxygen atoms in total. The standard InChI is InChI=1S/C12H13N3O4S2/c1-8-5-9(14-7-13-8)6-15-21(17,18)10-3-4-20-11(10)12(16)19-2/h3-5,7,15H,6H2,1-2H3. The van der Waals surface area contributed by atoms with Crippen molar-refractivity contribution in [3.8, 4) is 0 Å². The van der Waals surface area contributed by atoms with Crippen molar-refractivity contribution >= 4 is 27.3 Å². The van der Waals surface area contributed by atoms with E-state index in [1.54, 1.807) is 13.0 Å². The van der Waals surface area contributed by atoms with Crippen molar-refractivity contribution < 1.29 is 17.9 Å². The first kappa shape index (κ1) is 15.5. The van der Waals surface area contributed by atoms with Gasteiger partial charge in [0, 0.05) is 5.69 Å². The lowest BCUT2D eigenvalue weighted by molar-refractivity contribution is 0.0602. The van der Waals surface area contributed by atoms with Crippen molar-refractivity contribution in [1.82, 2.24) is 14.7 Å². The number of ether oxygens (including phenoxy) is 1. The molecule has 0 atom stereocenters. The van der Waals surface area contributed by atoms with Crippen LogP contribution in [0.3, 0.4) is 0 Å². The van der Waals surface area contributed by atoms with Gasteiger partial charge in [0.15, 0.2) is 0 Å². The highest BCUT2D eigenvalue weighted by molar-refractivity contribution is 7.89. The molecule has 112 valence electrons. The maximum atomic E-state index is 12.2. The molecule has 2 aromatic rings. The SMILES string of the molecule is COC(=O)c1sccc1S(=O)(=O)NCc1cc(C)ncn1. The van der Waals surface area contributed by atoms with Crippen LogP contribution in [0.15, 0.2) is 28.7 Å². The summed E-state index contributed by atoms with van der Waals surface area (Å²) < 4.78 is 31.4. The van der Waals surface area contributed by atoms with Gasteiger partial charge in [-0.3, -0.25) is 0 Å². The minimum absolute atomic E-state index is 0.0160. The maximum Gasteiger partial charge on any atom is 0.349 e. The van der Waals surface area contributed by atoms with Crippen LogP contribution >= 0.6 is 11.3 Å². The molecule has 0 spiro atoms. The van der Waals surface area contributed by atoms with E-state index in [0.29, 0.717) is 5.69 Å². The fourth-order valence-corrected chi connectivity index (χ4v) is 3.94. The van der Waals surface area contributed by atoms with Crippen LogP contribution in [0.5, 0.6) is 0 Å². The minimum Gasteiger partial charge on any atom is -0.465 e. The first-order valence-electron chi connectivity index (χ1n) is 5.87. The average Bonchev–Trinajstić information content (AvgIpc) is 2.95. The number of carbonyl (C=O) groups is 1. The Balaban J connectivity index is 2.19. The monoisotopic (exact) mass is 327 g/mol. The number of nitrogens with zero attached hydrogens (tertiary/aromatic N) is 2. The van der Waals surface area contributed by atoms with Crippen molar-refractivity contribution in [1.29, 1.82) is 0 Å². The highest BCUT2D eigenvalue weighted by atomic mass is 32.2. The van der Waals surface area contributed by atoms with E-state index in [1.807, 2.05) is 0 Å². The summed E-state index contributed by atoms with van der Waals surface area (Å²) in [5.41, 5.74) is 1.28. The van der Waals surface area contributed by atoms with E-state index >= 15 is 0 Å². The largest absolute Gasteiger partial charge is 0.465 e. The van der Waals surface area contributed by atoms with Crippen molar-refractivity contribution in [3.63, 3.8) is 0 Å². The van der Waals surface area contributed by atoms with Gasteiger partial charge in [-0.25, -0.2) is 27.9 Å². The second kappa shape index (κ2) is 6.29. The molecule has 0 aliphatic carbocycles. The zero-order chi connectivity index (χ0) is 15.5. The third-order valence-electron chi connectivity index (χ3n) is 2.59. The van der Waals surface area contributed by atoms with Crippen LogP contribution in [0.2, 0.25) is 0 Å². The van der Waals surface area contributed by atoms with Gasteiger partial charge in [0.2, 0.25) is 10.0 Å². The number of aryl methyl sites for hydroxylation is 1. The van der Waals surface area contributed by atoms with E-state index in [4.69, 9.17) is 0 Å². The van der Waals surface area contributed by atoms with Crippen LogP contribution < -0.4 is 4.72 Å². The third kappa shape index (κ3) is 3.63. The summed E-state index contributed by atoms with van der Waals surface area (Å²) in [5.74, 6) is -0.678. The number of rotatable bonds is 5. The molecule has 2 rings (SSSR count). The summed E-state index contributed by atoms with van der Waals surface area (Å²) in [4.78, 5) is 19.4. The Morgan fingerprint density at radius 2 is 2.19 bits per heavy atom. The van der Waals surface area contributed by atoms with Crippen molar-refractivity contribution in [2.75, 3.05) is 7.11 Å². The molecule has 0 aliphatic heterocycles. The number of carbonyl (C=O) groups excluding carboxylic acids is 1. The smallest absolute Gasteiger partial charge is 0.349 e. The summed E-state index contributed by atoms with van der Waals surface area (Å²) in [5, 5.41) is 1.52. The molecule has 1 N–H and O–H groups in total. The number of hydrogen-bond acceptors (Lipinski definition) is 7. The molecular weight excluding hydrogens is 314 g/mol. The van der Waals surface area contributed by atoms with Crippen LogP contribution in [0.4, 0.5) is 0 Å². The topological polar surface area (TPSA) is 98.2 Å². The van der Waals surface area contributed by atoms with Crippen LogP contribution in [0.25, 0.3) is 0 Å². The molecule has 2 aromatic heterocycles. The molecule has 0 saturated carbocycles. The van der Waals surface area contributed by atoms with E-state index in [2.05, 4.69) is 19.4 Å². The van der Waals surface area contributed by atoms with Gasteiger partial charge >= 0.3 is 5.97 Å². The van der Waals surface area contributed by atoms with Gasteiger partial charge in [-0.15, -0.1) is 11.3 Å². The second-order valence-electron chi connectivity index (χ2n) is 4.08. The Kier molecular flexibility index (Phi) is 4.66. The van der Waals surface area contributed by atoms with Crippen molar-refractivity contribution in [2.45, 2.75) is 18.4 Å². The molecule has 2 heterocycles. The molecular formula is C12H13N3O4S2. The van der Waals surface area contributed by atoms with E-state index in [-0.39, 0.29) is 16.3 Å². The van der Waals surface area contributed by atoms with Crippen molar-refractivity contribution in [3.05, 3.63) is 40.1 Å². The predicted molar refractivity (Wildman–Crippen MR) is 76.5 cm³/mol. The van der Waals surface area contributed by atoms with E-state index in [1.165, 1.54) is 24.9 Å². The van der Waals surface area contributed by atoms with Crippen LogP contribution in [-0.4, -0.2) is 31.5 Å². The highest BCUT2D eigenvalue weighted by Crippen LogP contribution is 2.22. The summed E-state index contributed by atoms with van der Waals surface area (Å²) in [7, 11) is -2.61. The van der Waals surface area contributed by atoms with E-state index < -0.39 is 16.0 Å². The Morgan fingerprint density at radius 3 is 2.86 bits per heavy atom. The highest BCUT2D eigenvalue weighted by Gasteiger charge is 2.24. The molecule has 0 radical (unpaired) electrons. The molecule has 21 heavy (non-hydrogen) atoms. The first-order valence-corrected chi connectivity index (χ1v) is 8.23. The number of thiophene rings is 1. The van der Waals surface area contributed by atoms with Crippen LogP contribution in [0, 0.1) is 6.92 Å². The number of methoxy groups -OCH3 is 1. The number of aromatic nitrogens is 2. The Hall–Kier alpha value is -1.84. The van der Waals surface area contributed by atoms with Crippen molar-refractivity contribution in [2.24, 2.45) is 0 Å². The lowest BCUT2D eigenvalue weighted by Crippen LogP contribution is -2.25. The zero-order valence-electron chi connectivity index (χ0n) is 11.4. The zero-order valence-corrected chi connectivity index (χ0v) is 13.0. The third-order valence-corrected chi connectivity index (χ3v) is 5.06. The lowest BCUT2D eigenvalue weighted by Gasteiger charge is -2.07. The van der Waals surface area contributed by atoms with Gasteiger partial charge in [-0.1, -0.05) is 0 Å². The minimum atomic E-state index is -3.81. The molecule has 0 bridgehead atoms. The van der Waals surface area contributed by atoms with Gasteiger partial charge in [0.05, 0.1) is 19.3 Å². The van der Waals surface area contributed by atoms with Gasteiger partial charge in [0.25, 0.3) is 0 Å². The summed E-state index contributed by atoms with van der Waals surface area (Å²) in [6.45, 7) is 1.80. The van der Waals surface area contributed by atoms with Crippen LogP contribution in [-0.2, 0) is 21.3 Å². The fourth-order valence-electron chi connectivity index (χ4n) is 1.60. The lowest BCUT2D eigenvalue weighted by atomic mass is 10.3. The number of nitrogens with one attached hydrogen (secondary N) is 1. The summed E-state index contributed by atoms with van der Waals surface area (Å²) in [6.07, 6.45) is 1.36. The van der Waals surface area contributed by atoms with Gasteiger partial charge in [0.1, 0.15) is 16.1 Å². The molecule has 0 amide bonds. The molecule has 0 saturated heterocycles. The summed E-state index contributed by atoms with van der Waals surface area (Å²) >= 11 is 1.01. The quantitative estimate of drug-likeness (QED) is 0.826. The van der Waals surface area contributed by atoms with Crippen LogP contribution in [0.1, 0.15) is 21.1 Å². The predicted octanol–water partition coefficient (Wildman–Crippen LogP) is 1.11. The normalized spacial score (nSPS) is 11.3. The van der Waals surface area contributed by atoms with E-state index in [9.17, 15) is 13.2 Å². The maximum absolute atomic E-state index is 12.2. The second-order valence-corrected chi connectivity index (χ2v) is 6.73. The number of sulfonamides is 1. The Bertz CT molecular complexity index is 755. The number of esters is 1.